The molecule has 2 rings (SSSR count). The van der Waals surface area contributed by atoms with Crippen LogP contribution in [0.15, 0.2) is 0 Å². The summed E-state index contributed by atoms with van der Waals surface area (Å²) < 4.78 is 0. The highest BCUT2D eigenvalue weighted by Gasteiger charge is 2.15. The SMILES string of the molecule is CNCc1nnc(CCC2CCCC2)s1. The molecule has 4 heteroatoms. The zero-order valence-electron chi connectivity index (χ0n) is 9.33. The van der Waals surface area contributed by atoms with Crippen LogP contribution in [-0.4, -0.2) is 17.2 Å². The fraction of sp³-hybridized carbons (Fsp3) is 0.818. The molecule has 0 unspecified atom stereocenters. The second-order valence-corrected chi connectivity index (χ2v) is 5.46. The molecule has 0 atom stereocenters. The first-order valence-electron chi connectivity index (χ1n) is 5.84. The Morgan fingerprint density at radius 3 is 2.73 bits per heavy atom. The van der Waals surface area contributed by atoms with Gasteiger partial charge in [0.05, 0.1) is 0 Å². The van der Waals surface area contributed by atoms with Crippen LogP contribution in [0.4, 0.5) is 0 Å². The maximum atomic E-state index is 4.22. The molecule has 1 heterocycles. The Bertz CT molecular complexity index is 292. The molecule has 84 valence electrons. The third-order valence-electron chi connectivity index (χ3n) is 3.08. The molecule has 0 aliphatic heterocycles. The minimum atomic E-state index is 0.848. The van der Waals surface area contributed by atoms with Crippen LogP contribution in [0.3, 0.4) is 0 Å². The molecule has 1 saturated carbocycles. The van der Waals surface area contributed by atoms with Crippen LogP contribution in [0.5, 0.6) is 0 Å². The normalized spacial score (nSPS) is 17.4. The first-order chi connectivity index (χ1) is 7.38. The van der Waals surface area contributed by atoms with E-state index < -0.39 is 0 Å². The van der Waals surface area contributed by atoms with E-state index >= 15 is 0 Å². The number of nitrogens with one attached hydrogen (secondary N) is 1. The van der Waals surface area contributed by atoms with Crippen molar-refractivity contribution in [2.45, 2.75) is 45.1 Å². The van der Waals surface area contributed by atoms with Crippen molar-refractivity contribution >= 4 is 11.3 Å². The summed E-state index contributed by atoms with van der Waals surface area (Å²) in [6, 6.07) is 0. The summed E-state index contributed by atoms with van der Waals surface area (Å²) in [5.74, 6) is 0.960. The summed E-state index contributed by atoms with van der Waals surface area (Å²) in [5.41, 5.74) is 0. The standard InChI is InChI=1S/C11H19N3S/c1-12-8-11-14-13-10(15-11)7-6-9-4-2-3-5-9/h9,12H,2-8H2,1H3. The van der Waals surface area contributed by atoms with Gasteiger partial charge in [-0.25, -0.2) is 0 Å². The number of hydrogen-bond acceptors (Lipinski definition) is 4. The van der Waals surface area contributed by atoms with Crippen molar-refractivity contribution in [3.05, 3.63) is 10.0 Å². The smallest absolute Gasteiger partial charge is 0.131 e. The maximum Gasteiger partial charge on any atom is 0.131 e. The van der Waals surface area contributed by atoms with E-state index in [2.05, 4.69) is 15.5 Å². The first kappa shape index (κ1) is 11.0. The molecule has 1 aromatic heterocycles. The lowest BCUT2D eigenvalue weighted by Crippen LogP contribution is -2.04. The summed E-state index contributed by atoms with van der Waals surface area (Å²) >= 11 is 1.76. The van der Waals surface area contributed by atoms with Crippen LogP contribution in [0.1, 0.15) is 42.1 Å². The summed E-state index contributed by atoms with van der Waals surface area (Å²) in [4.78, 5) is 0. The van der Waals surface area contributed by atoms with E-state index in [0.717, 1.165) is 23.9 Å². The van der Waals surface area contributed by atoms with Gasteiger partial charge in [0, 0.05) is 13.0 Å². The van der Waals surface area contributed by atoms with E-state index in [1.54, 1.807) is 11.3 Å². The Kier molecular flexibility index (Phi) is 4.09. The van der Waals surface area contributed by atoms with Crippen molar-refractivity contribution in [3.8, 4) is 0 Å². The molecule has 0 saturated heterocycles. The number of nitrogens with zero attached hydrogens (tertiary/aromatic N) is 2. The predicted molar refractivity (Wildman–Crippen MR) is 63.0 cm³/mol. The van der Waals surface area contributed by atoms with E-state index in [9.17, 15) is 0 Å². The molecule has 0 amide bonds. The van der Waals surface area contributed by atoms with Crippen molar-refractivity contribution in [3.63, 3.8) is 0 Å². The van der Waals surface area contributed by atoms with E-state index in [0.29, 0.717) is 0 Å². The average Bonchev–Trinajstić information content (AvgIpc) is 2.85. The Morgan fingerprint density at radius 1 is 1.27 bits per heavy atom. The van der Waals surface area contributed by atoms with E-state index in [-0.39, 0.29) is 0 Å². The van der Waals surface area contributed by atoms with Crippen molar-refractivity contribution in [1.82, 2.24) is 15.5 Å². The zero-order valence-corrected chi connectivity index (χ0v) is 10.1. The lowest BCUT2D eigenvalue weighted by Gasteiger charge is -2.05. The number of hydrogen-bond donors (Lipinski definition) is 1. The lowest BCUT2D eigenvalue weighted by atomic mass is 10.0. The summed E-state index contributed by atoms with van der Waals surface area (Å²) in [6.45, 7) is 0.848. The Hall–Kier alpha value is -0.480. The van der Waals surface area contributed by atoms with Crippen molar-refractivity contribution in [1.29, 1.82) is 0 Å². The average molecular weight is 225 g/mol. The van der Waals surface area contributed by atoms with Crippen LogP contribution in [0, 0.1) is 5.92 Å². The molecule has 0 aromatic carbocycles. The van der Waals surface area contributed by atoms with Gasteiger partial charge in [-0.05, 0) is 19.4 Å². The highest BCUT2D eigenvalue weighted by molar-refractivity contribution is 7.11. The Morgan fingerprint density at radius 2 is 2.00 bits per heavy atom. The fourth-order valence-corrected chi connectivity index (χ4v) is 3.11. The van der Waals surface area contributed by atoms with Crippen molar-refractivity contribution < 1.29 is 0 Å². The molecule has 1 aromatic rings. The third kappa shape index (κ3) is 3.24. The number of rotatable bonds is 5. The first-order valence-corrected chi connectivity index (χ1v) is 6.66. The minimum absolute atomic E-state index is 0.848. The zero-order chi connectivity index (χ0) is 10.5. The second kappa shape index (κ2) is 5.56. The molecule has 0 spiro atoms. The van der Waals surface area contributed by atoms with Crippen LogP contribution in [0.25, 0.3) is 0 Å². The molecule has 3 nitrogen and oxygen atoms in total. The monoisotopic (exact) mass is 225 g/mol. The van der Waals surface area contributed by atoms with E-state index in [4.69, 9.17) is 0 Å². The third-order valence-corrected chi connectivity index (χ3v) is 4.06. The van der Waals surface area contributed by atoms with Crippen LogP contribution in [-0.2, 0) is 13.0 Å². The molecular weight excluding hydrogens is 206 g/mol. The van der Waals surface area contributed by atoms with Gasteiger partial charge in [-0.2, -0.15) is 0 Å². The molecule has 1 fully saturated rings. The van der Waals surface area contributed by atoms with Gasteiger partial charge in [0.15, 0.2) is 0 Å². The molecular formula is C11H19N3S. The lowest BCUT2D eigenvalue weighted by molar-refractivity contribution is 0.502. The quantitative estimate of drug-likeness (QED) is 0.836. The van der Waals surface area contributed by atoms with Gasteiger partial charge < -0.3 is 5.32 Å². The molecule has 1 aliphatic rings. The number of aryl methyl sites for hydroxylation is 1. The van der Waals surface area contributed by atoms with Crippen LogP contribution >= 0.6 is 11.3 Å². The Labute approximate surface area is 95.3 Å². The second-order valence-electron chi connectivity index (χ2n) is 4.31. The molecule has 0 bridgehead atoms. The summed E-state index contributed by atoms with van der Waals surface area (Å²) in [7, 11) is 1.94. The molecule has 15 heavy (non-hydrogen) atoms. The molecule has 1 aliphatic carbocycles. The predicted octanol–water partition coefficient (Wildman–Crippen LogP) is 2.38. The van der Waals surface area contributed by atoms with Gasteiger partial charge in [-0.1, -0.05) is 25.7 Å². The summed E-state index contributed by atoms with van der Waals surface area (Å²) in [5, 5.41) is 13.8. The van der Waals surface area contributed by atoms with Crippen molar-refractivity contribution in [2.24, 2.45) is 5.92 Å². The van der Waals surface area contributed by atoms with Gasteiger partial charge in [0.2, 0.25) is 0 Å². The van der Waals surface area contributed by atoms with Crippen molar-refractivity contribution in [2.75, 3.05) is 7.05 Å². The molecule has 1 N–H and O–H groups in total. The van der Waals surface area contributed by atoms with Gasteiger partial charge in [0.25, 0.3) is 0 Å². The van der Waals surface area contributed by atoms with Gasteiger partial charge in [-0.3, -0.25) is 0 Å². The highest BCUT2D eigenvalue weighted by atomic mass is 32.1. The maximum absolute atomic E-state index is 4.22. The van der Waals surface area contributed by atoms with Crippen LogP contribution < -0.4 is 5.32 Å². The number of aromatic nitrogens is 2. The molecule has 0 radical (unpaired) electrons. The topological polar surface area (TPSA) is 37.8 Å². The summed E-state index contributed by atoms with van der Waals surface area (Å²) in [6.07, 6.45) is 8.18. The fourth-order valence-electron chi connectivity index (χ4n) is 2.24. The van der Waals surface area contributed by atoms with Crippen LogP contribution in [0.2, 0.25) is 0 Å². The van der Waals surface area contributed by atoms with Gasteiger partial charge >= 0.3 is 0 Å². The highest BCUT2D eigenvalue weighted by Crippen LogP contribution is 2.29. The van der Waals surface area contributed by atoms with E-state index in [1.807, 2.05) is 7.05 Å². The van der Waals surface area contributed by atoms with E-state index in [1.165, 1.54) is 37.1 Å². The van der Waals surface area contributed by atoms with Gasteiger partial charge in [0.1, 0.15) is 10.0 Å². The minimum Gasteiger partial charge on any atom is -0.313 e. The largest absolute Gasteiger partial charge is 0.313 e. The Balaban J connectivity index is 1.77. The van der Waals surface area contributed by atoms with Gasteiger partial charge in [-0.15, -0.1) is 21.5 Å².